The van der Waals surface area contributed by atoms with Crippen LogP contribution in [0.15, 0.2) is 72.8 Å². The summed E-state index contributed by atoms with van der Waals surface area (Å²) in [6.45, 7) is 0. The highest BCUT2D eigenvalue weighted by atomic mass is 16.6. The van der Waals surface area contributed by atoms with Crippen molar-refractivity contribution in [2.75, 3.05) is 4.90 Å². The highest BCUT2D eigenvalue weighted by molar-refractivity contribution is 6.35. The van der Waals surface area contributed by atoms with Crippen LogP contribution >= 0.6 is 0 Å². The number of nitro groups is 1. The lowest BCUT2D eigenvalue weighted by atomic mass is 10.0. The van der Waals surface area contributed by atoms with Crippen LogP contribution in [0.5, 0.6) is 0 Å². The molecule has 2 amide bonds. The van der Waals surface area contributed by atoms with Gasteiger partial charge in [-0.05, 0) is 17.7 Å². The summed E-state index contributed by atoms with van der Waals surface area (Å²) in [5.74, 6) is -1.04. The number of nitro benzene ring substituents is 1. The lowest BCUT2D eigenvalue weighted by Gasteiger charge is -2.18. The van der Waals surface area contributed by atoms with Gasteiger partial charge in [-0.1, -0.05) is 48.5 Å². The first-order valence-electron chi connectivity index (χ1n) is 7.89. The molecule has 0 bridgehead atoms. The first kappa shape index (κ1) is 15.7. The predicted molar refractivity (Wildman–Crippen MR) is 96.1 cm³/mol. The second-order valence-corrected chi connectivity index (χ2v) is 5.82. The summed E-state index contributed by atoms with van der Waals surface area (Å²) in [5.41, 5.74) is 2.05. The van der Waals surface area contributed by atoms with Crippen LogP contribution in [-0.2, 0) is 0 Å². The van der Waals surface area contributed by atoms with E-state index in [9.17, 15) is 19.7 Å². The molecule has 0 N–H and O–H groups in total. The van der Waals surface area contributed by atoms with E-state index in [1.54, 1.807) is 12.1 Å². The van der Waals surface area contributed by atoms with Crippen LogP contribution in [-0.4, -0.2) is 16.7 Å². The van der Waals surface area contributed by atoms with Crippen molar-refractivity contribution in [2.45, 2.75) is 0 Å². The minimum atomic E-state index is -0.585. The molecule has 0 aliphatic carbocycles. The number of hydrogen-bond acceptors (Lipinski definition) is 4. The third kappa shape index (κ3) is 2.36. The van der Waals surface area contributed by atoms with Gasteiger partial charge in [0.15, 0.2) is 0 Å². The molecule has 1 heterocycles. The SMILES string of the molecule is O=C1c2ccc([N+](=O)[O-])cc2C(=O)N1c1ccccc1-c1ccccc1. The number of nitrogens with zero attached hydrogens (tertiary/aromatic N) is 2. The highest BCUT2D eigenvalue weighted by Gasteiger charge is 2.38. The van der Waals surface area contributed by atoms with Gasteiger partial charge >= 0.3 is 0 Å². The van der Waals surface area contributed by atoms with Gasteiger partial charge in [-0.25, -0.2) is 4.90 Å². The summed E-state index contributed by atoms with van der Waals surface area (Å²) >= 11 is 0. The summed E-state index contributed by atoms with van der Waals surface area (Å²) in [7, 11) is 0. The van der Waals surface area contributed by atoms with E-state index in [0.29, 0.717) is 5.69 Å². The smallest absolute Gasteiger partial charge is 0.268 e. The normalized spacial score (nSPS) is 13.0. The van der Waals surface area contributed by atoms with Gasteiger partial charge in [-0.2, -0.15) is 0 Å². The molecule has 0 saturated heterocycles. The minimum Gasteiger partial charge on any atom is -0.268 e. The molecule has 26 heavy (non-hydrogen) atoms. The molecule has 126 valence electrons. The van der Waals surface area contributed by atoms with E-state index in [-0.39, 0.29) is 16.8 Å². The van der Waals surface area contributed by atoms with Crippen molar-refractivity contribution < 1.29 is 14.5 Å². The van der Waals surface area contributed by atoms with Crippen molar-refractivity contribution in [3.8, 4) is 11.1 Å². The van der Waals surface area contributed by atoms with E-state index >= 15 is 0 Å². The predicted octanol–water partition coefficient (Wildman–Crippen LogP) is 4.06. The van der Waals surface area contributed by atoms with Crippen molar-refractivity contribution in [2.24, 2.45) is 0 Å². The number of para-hydroxylation sites is 1. The second-order valence-electron chi connectivity index (χ2n) is 5.82. The van der Waals surface area contributed by atoms with Gasteiger partial charge in [-0.3, -0.25) is 19.7 Å². The first-order chi connectivity index (χ1) is 12.6. The number of rotatable bonds is 3. The Morgan fingerprint density at radius 1 is 0.731 bits per heavy atom. The highest BCUT2D eigenvalue weighted by Crippen LogP contribution is 2.36. The topological polar surface area (TPSA) is 80.5 Å². The molecule has 6 nitrogen and oxygen atoms in total. The Labute approximate surface area is 148 Å². The lowest BCUT2D eigenvalue weighted by molar-refractivity contribution is -0.384. The molecular weight excluding hydrogens is 332 g/mol. The standard InChI is InChI=1S/C20H12N2O4/c23-19-16-11-10-14(22(25)26)12-17(16)20(24)21(19)18-9-5-4-8-15(18)13-6-2-1-3-7-13/h1-12H. The van der Waals surface area contributed by atoms with Crippen molar-refractivity contribution >= 4 is 23.2 Å². The quantitative estimate of drug-likeness (QED) is 0.408. The summed E-state index contributed by atoms with van der Waals surface area (Å²) in [6.07, 6.45) is 0. The molecule has 0 radical (unpaired) electrons. The zero-order valence-electron chi connectivity index (χ0n) is 13.5. The van der Waals surface area contributed by atoms with Crippen LogP contribution in [0, 0.1) is 10.1 Å². The number of fused-ring (bicyclic) bond motifs is 1. The molecular formula is C20H12N2O4. The Balaban J connectivity index is 1.85. The van der Waals surface area contributed by atoms with E-state index in [1.807, 2.05) is 42.5 Å². The molecule has 6 heteroatoms. The number of benzene rings is 3. The third-order valence-corrected chi connectivity index (χ3v) is 4.31. The van der Waals surface area contributed by atoms with Crippen LogP contribution in [0.25, 0.3) is 11.1 Å². The third-order valence-electron chi connectivity index (χ3n) is 4.31. The Morgan fingerprint density at radius 3 is 2.12 bits per heavy atom. The van der Waals surface area contributed by atoms with Gasteiger partial charge in [0.2, 0.25) is 0 Å². The van der Waals surface area contributed by atoms with Gasteiger partial charge in [0.25, 0.3) is 17.5 Å². The second kappa shape index (κ2) is 5.93. The molecule has 0 unspecified atom stereocenters. The van der Waals surface area contributed by atoms with Crippen molar-refractivity contribution in [3.05, 3.63) is 94.0 Å². The van der Waals surface area contributed by atoms with Gasteiger partial charge in [-0.15, -0.1) is 0 Å². The molecule has 0 fully saturated rings. The maximum absolute atomic E-state index is 12.8. The molecule has 1 aliphatic rings. The summed E-state index contributed by atoms with van der Waals surface area (Å²) < 4.78 is 0. The van der Waals surface area contributed by atoms with Crippen LogP contribution in [0.1, 0.15) is 20.7 Å². The maximum atomic E-state index is 12.8. The van der Waals surface area contributed by atoms with Gasteiger partial charge in [0, 0.05) is 17.7 Å². The van der Waals surface area contributed by atoms with Crippen LogP contribution in [0.4, 0.5) is 11.4 Å². The van der Waals surface area contributed by atoms with Gasteiger partial charge in [0.05, 0.1) is 21.7 Å². The molecule has 0 atom stereocenters. The average Bonchev–Trinajstić information content (AvgIpc) is 2.92. The van der Waals surface area contributed by atoms with Crippen LogP contribution in [0.2, 0.25) is 0 Å². The van der Waals surface area contributed by atoms with E-state index in [1.165, 1.54) is 12.1 Å². The Hall–Kier alpha value is -3.80. The summed E-state index contributed by atoms with van der Waals surface area (Å²) in [6, 6.07) is 20.2. The van der Waals surface area contributed by atoms with Crippen molar-refractivity contribution in [1.29, 1.82) is 0 Å². The lowest BCUT2D eigenvalue weighted by Crippen LogP contribution is -2.29. The van der Waals surface area contributed by atoms with E-state index in [4.69, 9.17) is 0 Å². The van der Waals surface area contributed by atoms with E-state index in [0.717, 1.165) is 22.1 Å². The van der Waals surface area contributed by atoms with E-state index < -0.39 is 16.7 Å². The Kier molecular flexibility index (Phi) is 3.58. The number of imide groups is 1. The monoisotopic (exact) mass is 344 g/mol. The van der Waals surface area contributed by atoms with Gasteiger partial charge < -0.3 is 0 Å². The fraction of sp³-hybridized carbons (Fsp3) is 0. The Bertz CT molecular complexity index is 1060. The molecule has 1 aliphatic heterocycles. The van der Waals surface area contributed by atoms with Crippen molar-refractivity contribution in [3.63, 3.8) is 0 Å². The summed E-state index contributed by atoms with van der Waals surface area (Å²) in [5, 5.41) is 11.0. The minimum absolute atomic E-state index is 0.0482. The number of carbonyl (C=O) groups is 2. The molecule has 0 spiro atoms. The first-order valence-corrected chi connectivity index (χ1v) is 7.89. The molecule has 3 aromatic carbocycles. The zero-order chi connectivity index (χ0) is 18.3. The number of carbonyl (C=O) groups excluding carboxylic acids is 2. The fourth-order valence-electron chi connectivity index (χ4n) is 3.09. The zero-order valence-corrected chi connectivity index (χ0v) is 13.5. The number of anilines is 1. The number of hydrogen-bond donors (Lipinski definition) is 0. The molecule has 4 rings (SSSR count). The number of amides is 2. The largest absolute Gasteiger partial charge is 0.270 e. The fourth-order valence-corrected chi connectivity index (χ4v) is 3.09. The van der Waals surface area contributed by atoms with E-state index in [2.05, 4.69) is 0 Å². The van der Waals surface area contributed by atoms with Gasteiger partial charge in [0.1, 0.15) is 0 Å². The maximum Gasteiger partial charge on any atom is 0.270 e. The van der Waals surface area contributed by atoms with Crippen LogP contribution in [0.3, 0.4) is 0 Å². The van der Waals surface area contributed by atoms with Crippen LogP contribution < -0.4 is 4.90 Å². The molecule has 0 saturated carbocycles. The molecule has 3 aromatic rings. The number of non-ortho nitro benzene ring substituents is 1. The van der Waals surface area contributed by atoms with Crippen molar-refractivity contribution in [1.82, 2.24) is 0 Å². The Morgan fingerprint density at radius 2 is 1.38 bits per heavy atom. The summed E-state index contributed by atoms with van der Waals surface area (Å²) in [4.78, 5) is 37.1. The average molecular weight is 344 g/mol. The molecule has 0 aromatic heterocycles.